The van der Waals surface area contributed by atoms with E-state index in [1.54, 1.807) is 4.90 Å². The van der Waals surface area contributed by atoms with Gasteiger partial charge in [0.05, 0.1) is 37.0 Å². The molecule has 0 spiro atoms. The molecule has 1 atom stereocenters. The molecular weight excluding hydrogens is 498 g/mol. The second-order valence-corrected chi connectivity index (χ2v) is 9.70. The lowest BCUT2D eigenvalue weighted by atomic mass is 10.2. The molecule has 196 valence electrons. The number of para-hydroxylation sites is 1. The van der Waals surface area contributed by atoms with Crippen molar-refractivity contribution in [2.45, 2.75) is 18.1 Å². The maximum absolute atomic E-state index is 13.3. The first-order chi connectivity index (χ1) is 17.9. The molecule has 0 aromatic heterocycles. The first kappa shape index (κ1) is 26.6. The number of carbonyl (C=O) groups excluding carboxylic acids is 2. The molecule has 2 aliphatic heterocycles. The Balaban J connectivity index is 1.44. The third-order valence-corrected chi connectivity index (χ3v) is 7.18. The normalized spacial score (nSPS) is 19.3. The van der Waals surface area contributed by atoms with Crippen LogP contribution in [0.15, 0.2) is 53.5 Å². The van der Waals surface area contributed by atoms with E-state index in [4.69, 9.17) is 9.47 Å². The summed E-state index contributed by atoms with van der Waals surface area (Å²) in [5.74, 6) is -0.380. The minimum atomic E-state index is -0.678. The zero-order valence-corrected chi connectivity index (χ0v) is 21.3. The van der Waals surface area contributed by atoms with Gasteiger partial charge in [-0.2, -0.15) is 0 Å². The van der Waals surface area contributed by atoms with Crippen molar-refractivity contribution in [3.63, 3.8) is 0 Å². The number of nitrogens with one attached hydrogen (secondary N) is 1. The molecule has 0 radical (unpaired) electrons. The molecule has 11 nitrogen and oxygen atoms in total. The SMILES string of the molecule is COc1ccc(NC(=O)C[C@@H]2SC(=Nc3ccccc3)N(CCCN3CCOCC3)C2=O)c([N+](=O)[O-])c1. The van der Waals surface area contributed by atoms with Gasteiger partial charge in [0.1, 0.15) is 16.7 Å². The van der Waals surface area contributed by atoms with Gasteiger partial charge in [-0.25, -0.2) is 4.99 Å². The van der Waals surface area contributed by atoms with Crippen molar-refractivity contribution in [3.05, 3.63) is 58.6 Å². The Morgan fingerprint density at radius 3 is 2.68 bits per heavy atom. The van der Waals surface area contributed by atoms with Crippen molar-refractivity contribution in [1.29, 1.82) is 0 Å². The summed E-state index contributed by atoms with van der Waals surface area (Å²) in [6.45, 7) is 4.48. The van der Waals surface area contributed by atoms with Gasteiger partial charge in [-0.1, -0.05) is 30.0 Å². The fourth-order valence-corrected chi connectivity index (χ4v) is 5.27. The van der Waals surface area contributed by atoms with Crippen LogP contribution >= 0.6 is 11.8 Å². The van der Waals surface area contributed by atoms with Crippen LogP contribution in [0, 0.1) is 10.1 Å². The van der Waals surface area contributed by atoms with Crippen LogP contribution < -0.4 is 10.1 Å². The molecule has 0 bridgehead atoms. The summed E-state index contributed by atoms with van der Waals surface area (Å²) < 4.78 is 10.4. The minimum Gasteiger partial charge on any atom is -0.496 e. The van der Waals surface area contributed by atoms with Gasteiger partial charge in [-0.3, -0.25) is 29.5 Å². The number of benzene rings is 2. The Bertz CT molecular complexity index is 1160. The van der Waals surface area contributed by atoms with Gasteiger partial charge in [0.15, 0.2) is 5.17 Å². The van der Waals surface area contributed by atoms with E-state index in [9.17, 15) is 19.7 Å². The van der Waals surface area contributed by atoms with Gasteiger partial charge in [-0.05, 0) is 30.7 Å². The number of rotatable bonds is 10. The Hall–Kier alpha value is -3.48. The third-order valence-electron chi connectivity index (χ3n) is 6.01. The summed E-state index contributed by atoms with van der Waals surface area (Å²) in [6.07, 6.45) is 0.623. The second kappa shape index (κ2) is 12.7. The first-order valence-corrected chi connectivity index (χ1v) is 12.9. The highest BCUT2D eigenvalue weighted by Gasteiger charge is 2.39. The number of nitro groups is 1. The molecular formula is C25H29N5O6S. The summed E-state index contributed by atoms with van der Waals surface area (Å²) in [7, 11) is 1.40. The molecule has 12 heteroatoms. The summed E-state index contributed by atoms with van der Waals surface area (Å²) in [5.41, 5.74) is 0.482. The fourth-order valence-electron chi connectivity index (χ4n) is 4.09. The van der Waals surface area contributed by atoms with Gasteiger partial charge < -0.3 is 14.8 Å². The Labute approximate surface area is 219 Å². The van der Waals surface area contributed by atoms with Crippen molar-refractivity contribution >= 4 is 45.8 Å². The van der Waals surface area contributed by atoms with Crippen LogP contribution in [-0.4, -0.2) is 83.5 Å². The van der Waals surface area contributed by atoms with Crippen LogP contribution in [0.1, 0.15) is 12.8 Å². The molecule has 37 heavy (non-hydrogen) atoms. The zero-order valence-electron chi connectivity index (χ0n) is 20.5. The summed E-state index contributed by atoms with van der Waals surface area (Å²) in [6, 6.07) is 13.5. The number of morpholine rings is 1. The van der Waals surface area contributed by atoms with Gasteiger partial charge in [0, 0.05) is 32.6 Å². The van der Waals surface area contributed by atoms with Crippen LogP contribution in [-0.2, 0) is 14.3 Å². The number of hydrogen-bond acceptors (Lipinski definition) is 9. The predicted molar refractivity (Wildman–Crippen MR) is 141 cm³/mol. The molecule has 2 aliphatic rings. The molecule has 0 saturated carbocycles. The first-order valence-electron chi connectivity index (χ1n) is 12.0. The number of nitrogens with zero attached hydrogens (tertiary/aromatic N) is 4. The van der Waals surface area contributed by atoms with E-state index in [2.05, 4.69) is 15.2 Å². The predicted octanol–water partition coefficient (Wildman–Crippen LogP) is 3.29. The van der Waals surface area contributed by atoms with E-state index in [0.29, 0.717) is 30.7 Å². The number of ether oxygens (including phenoxy) is 2. The topological polar surface area (TPSA) is 127 Å². The third kappa shape index (κ3) is 7.06. The van der Waals surface area contributed by atoms with Crippen LogP contribution in [0.2, 0.25) is 0 Å². The van der Waals surface area contributed by atoms with Crippen molar-refractivity contribution < 1.29 is 24.0 Å². The molecule has 2 fully saturated rings. The summed E-state index contributed by atoms with van der Waals surface area (Å²) >= 11 is 1.24. The van der Waals surface area contributed by atoms with Crippen LogP contribution in [0.25, 0.3) is 0 Å². The quantitative estimate of drug-likeness (QED) is 0.368. The average molecular weight is 528 g/mol. The highest BCUT2D eigenvalue weighted by Crippen LogP contribution is 2.33. The molecule has 2 aromatic rings. The number of amides is 2. The second-order valence-electron chi connectivity index (χ2n) is 8.53. The monoisotopic (exact) mass is 527 g/mol. The Morgan fingerprint density at radius 1 is 1.22 bits per heavy atom. The maximum Gasteiger partial charge on any atom is 0.296 e. The maximum atomic E-state index is 13.3. The highest BCUT2D eigenvalue weighted by molar-refractivity contribution is 8.15. The lowest BCUT2D eigenvalue weighted by Gasteiger charge is -2.27. The lowest BCUT2D eigenvalue weighted by molar-refractivity contribution is -0.384. The van der Waals surface area contributed by atoms with Crippen LogP contribution in [0.3, 0.4) is 0 Å². The zero-order chi connectivity index (χ0) is 26.2. The smallest absolute Gasteiger partial charge is 0.296 e. The number of nitro benzene ring substituents is 1. The van der Waals surface area contributed by atoms with Gasteiger partial charge in [0.25, 0.3) is 5.69 Å². The standard InChI is InChI=1S/C25H29N5O6S/c1-35-19-8-9-20(21(16-19)30(33)34)27-23(31)17-22-24(32)29(11-5-10-28-12-14-36-15-13-28)25(37-22)26-18-6-3-2-4-7-18/h2-4,6-9,16,22H,5,10-15,17H2,1H3,(H,27,31)/t22-/m0/s1. The number of amidine groups is 1. The molecule has 2 saturated heterocycles. The molecule has 0 unspecified atom stereocenters. The summed E-state index contributed by atoms with van der Waals surface area (Å²) in [4.78, 5) is 45.6. The lowest BCUT2D eigenvalue weighted by Crippen LogP contribution is -2.39. The van der Waals surface area contributed by atoms with Crippen molar-refractivity contribution in [2.75, 3.05) is 51.8 Å². The largest absolute Gasteiger partial charge is 0.496 e. The van der Waals surface area contributed by atoms with E-state index in [-0.39, 0.29) is 23.7 Å². The molecule has 2 aromatic carbocycles. The molecule has 2 heterocycles. The number of methoxy groups -OCH3 is 1. The Kier molecular flexibility index (Phi) is 9.09. The molecule has 1 N–H and O–H groups in total. The van der Waals surface area contributed by atoms with Crippen molar-refractivity contribution in [1.82, 2.24) is 9.80 Å². The van der Waals surface area contributed by atoms with Gasteiger partial charge in [0.2, 0.25) is 11.8 Å². The number of carbonyl (C=O) groups is 2. The van der Waals surface area contributed by atoms with E-state index in [0.717, 1.165) is 31.7 Å². The Morgan fingerprint density at radius 2 is 1.97 bits per heavy atom. The molecule has 2 amide bonds. The molecule has 4 rings (SSSR count). The molecule has 0 aliphatic carbocycles. The van der Waals surface area contributed by atoms with Crippen LogP contribution in [0.4, 0.5) is 17.1 Å². The van der Waals surface area contributed by atoms with E-state index >= 15 is 0 Å². The van der Waals surface area contributed by atoms with E-state index < -0.39 is 16.1 Å². The fraction of sp³-hybridized carbons (Fsp3) is 0.400. The van der Waals surface area contributed by atoms with Crippen molar-refractivity contribution in [2.24, 2.45) is 4.99 Å². The number of aliphatic imine (C=N–C) groups is 1. The number of thioether (sulfide) groups is 1. The highest BCUT2D eigenvalue weighted by atomic mass is 32.2. The van der Waals surface area contributed by atoms with Crippen molar-refractivity contribution in [3.8, 4) is 5.75 Å². The van der Waals surface area contributed by atoms with Gasteiger partial charge >= 0.3 is 0 Å². The van der Waals surface area contributed by atoms with E-state index in [1.807, 2.05) is 30.3 Å². The number of anilines is 1. The van der Waals surface area contributed by atoms with Crippen LogP contribution in [0.5, 0.6) is 5.75 Å². The number of hydrogen-bond donors (Lipinski definition) is 1. The summed E-state index contributed by atoms with van der Waals surface area (Å²) in [5, 5.41) is 13.9. The average Bonchev–Trinajstić information content (AvgIpc) is 3.18. The van der Waals surface area contributed by atoms with E-state index in [1.165, 1.54) is 37.1 Å². The minimum absolute atomic E-state index is 0.0480. The van der Waals surface area contributed by atoms with Gasteiger partial charge in [-0.15, -0.1) is 0 Å².